The van der Waals surface area contributed by atoms with Gasteiger partial charge in [0.25, 0.3) is 0 Å². The molecule has 25 heavy (non-hydrogen) atoms. The maximum absolute atomic E-state index is 11.1. The summed E-state index contributed by atoms with van der Waals surface area (Å²) >= 11 is 0. The second-order valence-electron chi connectivity index (χ2n) is 9.57. The fourth-order valence-corrected chi connectivity index (χ4v) is 4.18. The SMILES string of the molecule is CC1(C)OC[C@H]([C@@H](O)[C@H](O[Si](C)(C)C(C)(C)C)[C@H]2COC(C)(C)O2)O1. The molecule has 2 aliphatic heterocycles. The second-order valence-corrected chi connectivity index (χ2v) is 14.3. The Kier molecular flexibility index (Phi) is 5.83. The third-order valence-electron chi connectivity index (χ3n) is 5.38. The topological polar surface area (TPSA) is 66.4 Å². The lowest BCUT2D eigenvalue weighted by Gasteiger charge is -2.42. The van der Waals surface area contributed by atoms with Crippen molar-refractivity contribution in [3.63, 3.8) is 0 Å². The van der Waals surface area contributed by atoms with E-state index in [4.69, 9.17) is 23.4 Å². The first-order chi connectivity index (χ1) is 11.1. The lowest BCUT2D eigenvalue weighted by atomic mass is 10.0. The number of aliphatic hydroxyl groups excluding tert-OH is 1. The van der Waals surface area contributed by atoms with Crippen LogP contribution in [-0.4, -0.2) is 62.6 Å². The molecule has 2 rings (SSSR count). The highest BCUT2D eigenvalue weighted by atomic mass is 28.4. The molecule has 0 saturated carbocycles. The average Bonchev–Trinajstić information content (AvgIpc) is 2.96. The van der Waals surface area contributed by atoms with E-state index in [1.807, 2.05) is 27.7 Å². The van der Waals surface area contributed by atoms with Crippen LogP contribution >= 0.6 is 0 Å². The third kappa shape index (κ3) is 5.03. The van der Waals surface area contributed by atoms with Gasteiger partial charge in [-0.25, -0.2) is 0 Å². The summed E-state index contributed by atoms with van der Waals surface area (Å²) in [6.45, 7) is 19.0. The summed E-state index contributed by atoms with van der Waals surface area (Å²) in [5.74, 6) is -1.37. The second kappa shape index (κ2) is 6.85. The lowest BCUT2D eigenvalue weighted by Crippen LogP contribution is -2.55. The van der Waals surface area contributed by atoms with Crippen molar-refractivity contribution in [2.45, 2.75) is 103 Å². The zero-order valence-electron chi connectivity index (χ0n) is 17.2. The van der Waals surface area contributed by atoms with Crippen molar-refractivity contribution in [2.75, 3.05) is 13.2 Å². The Morgan fingerprint density at radius 2 is 1.40 bits per heavy atom. The first-order valence-electron chi connectivity index (χ1n) is 9.13. The molecule has 0 bridgehead atoms. The van der Waals surface area contributed by atoms with Crippen molar-refractivity contribution in [3.8, 4) is 0 Å². The molecule has 1 N–H and O–H groups in total. The summed E-state index contributed by atoms with van der Waals surface area (Å²) in [5, 5.41) is 11.1. The Morgan fingerprint density at radius 3 is 1.76 bits per heavy atom. The number of ether oxygens (including phenoxy) is 4. The molecule has 2 fully saturated rings. The van der Waals surface area contributed by atoms with E-state index in [1.165, 1.54) is 0 Å². The quantitative estimate of drug-likeness (QED) is 0.744. The molecule has 0 spiro atoms. The molecule has 4 atom stereocenters. The fraction of sp³-hybridized carbons (Fsp3) is 1.00. The molecule has 7 heteroatoms. The van der Waals surface area contributed by atoms with Gasteiger partial charge in [-0.05, 0) is 45.8 Å². The highest BCUT2D eigenvalue weighted by Gasteiger charge is 2.50. The van der Waals surface area contributed by atoms with Crippen LogP contribution in [0.25, 0.3) is 0 Å². The molecule has 0 aromatic carbocycles. The van der Waals surface area contributed by atoms with Crippen molar-refractivity contribution in [3.05, 3.63) is 0 Å². The molecule has 0 unspecified atom stereocenters. The van der Waals surface area contributed by atoms with E-state index in [9.17, 15) is 5.11 Å². The number of aliphatic hydroxyl groups is 1. The number of hydrogen-bond donors (Lipinski definition) is 1. The van der Waals surface area contributed by atoms with Gasteiger partial charge in [0.15, 0.2) is 19.9 Å². The summed E-state index contributed by atoms with van der Waals surface area (Å²) in [5.41, 5.74) is 0. The first-order valence-corrected chi connectivity index (χ1v) is 12.0. The van der Waals surface area contributed by atoms with Crippen LogP contribution < -0.4 is 0 Å². The van der Waals surface area contributed by atoms with Crippen LogP contribution in [0.4, 0.5) is 0 Å². The molecule has 6 nitrogen and oxygen atoms in total. The minimum Gasteiger partial charge on any atom is -0.408 e. The predicted octanol–water partition coefficient (Wildman–Crippen LogP) is 3.04. The van der Waals surface area contributed by atoms with E-state index in [1.54, 1.807) is 0 Å². The Labute approximate surface area is 153 Å². The smallest absolute Gasteiger partial charge is 0.192 e. The van der Waals surface area contributed by atoms with Crippen molar-refractivity contribution in [1.29, 1.82) is 0 Å². The van der Waals surface area contributed by atoms with Gasteiger partial charge in [0.1, 0.15) is 24.4 Å². The molecule has 2 aliphatic rings. The Morgan fingerprint density at radius 1 is 0.960 bits per heavy atom. The number of hydrogen-bond acceptors (Lipinski definition) is 6. The van der Waals surface area contributed by atoms with Gasteiger partial charge in [-0.2, -0.15) is 0 Å². The van der Waals surface area contributed by atoms with E-state index in [2.05, 4.69) is 33.9 Å². The Bertz CT molecular complexity index is 471. The van der Waals surface area contributed by atoms with Crippen LogP contribution in [0.15, 0.2) is 0 Å². The van der Waals surface area contributed by atoms with Crippen molar-refractivity contribution >= 4 is 8.32 Å². The molecule has 0 amide bonds. The van der Waals surface area contributed by atoms with Crippen LogP contribution in [0, 0.1) is 0 Å². The summed E-state index contributed by atoms with van der Waals surface area (Å²) in [6.07, 6.45) is -2.16. The first kappa shape index (κ1) is 21.3. The normalized spacial score (nSPS) is 31.9. The molecule has 148 valence electrons. The highest BCUT2D eigenvalue weighted by Crippen LogP contribution is 2.40. The van der Waals surface area contributed by atoms with Crippen LogP contribution in [0.1, 0.15) is 48.5 Å². The van der Waals surface area contributed by atoms with Crippen molar-refractivity contribution in [2.24, 2.45) is 0 Å². The van der Waals surface area contributed by atoms with E-state index in [-0.39, 0.29) is 11.1 Å². The minimum absolute atomic E-state index is 0.0201. The van der Waals surface area contributed by atoms with Gasteiger partial charge in [0, 0.05) is 0 Å². The van der Waals surface area contributed by atoms with Gasteiger partial charge in [0.2, 0.25) is 0 Å². The van der Waals surface area contributed by atoms with Crippen LogP contribution in [0.3, 0.4) is 0 Å². The molecule has 0 radical (unpaired) electrons. The fourth-order valence-electron chi connectivity index (χ4n) is 2.86. The summed E-state index contributed by atoms with van der Waals surface area (Å²) < 4.78 is 29.8. The lowest BCUT2D eigenvalue weighted by molar-refractivity contribution is -0.181. The summed E-state index contributed by atoms with van der Waals surface area (Å²) in [6, 6.07) is 0. The summed E-state index contributed by atoms with van der Waals surface area (Å²) in [4.78, 5) is 0. The van der Waals surface area contributed by atoms with E-state index in [0.29, 0.717) is 13.2 Å². The highest BCUT2D eigenvalue weighted by molar-refractivity contribution is 6.74. The zero-order valence-corrected chi connectivity index (χ0v) is 18.2. The molecular formula is C18H36O6Si. The van der Waals surface area contributed by atoms with Gasteiger partial charge >= 0.3 is 0 Å². The maximum Gasteiger partial charge on any atom is 0.192 e. The molecular weight excluding hydrogens is 340 g/mol. The van der Waals surface area contributed by atoms with Gasteiger partial charge < -0.3 is 28.5 Å². The van der Waals surface area contributed by atoms with Gasteiger partial charge in [-0.15, -0.1) is 0 Å². The van der Waals surface area contributed by atoms with Crippen LogP contribution in [-0.2, 0) is 23.4 Å². The zero-order chi connectivity index (χ0) is 19.3. The van der Waals surface area contributed by atoms with E-state index >= 15 is 0 Å². The van der Waals surface area contributed by atoms with Crippen LogP contribution in [0.5, 0.6) is 0 Å². The standard InChI is InChI=1S/C18H36O6Si/c1-16(2,3)25(8,9)24-15(13-11-21-18(6,7)23-13)14(19)12-10-20-17(4,5)22-12/h12-15,19H,10-11H2,1-9H3/t12-,13-,14-,15-/m1/s1. The van der Waals surface area contributed by atoms with E-state index in [0.717, 1.165) is 0 Å². The molecule has 2 heterocycles. The average molecular weight is 377 g/mol. The number of rotatable bonds is 5. The van der Waals surface area contributed by atoms with Crippen molar-refractivity contribution in [1.82, 2.24) is 0 Å². The minimum atomic E-state index is -2.12. The van der Waals surface area contributed by atoms with E-state index < -0.39 is 38.2 Å². The Balaban J connectivity index is 2.20. The van der Waals surface area contributed by atoms with Crippen molar-refractivity contribution < 1.29 is 28.5 Å². The van der Waals surface area contributed by atoms with Crippen LogP contribution in [0.2, 0.25) is 18.1 Å². The maximum atomic E-state index is 11.1. The molecule has 0 aliphatic carbocycles. The van der Waals surface area contributed by atoms with Gasteiger partial charge in [-0.3, -0.25) is 0 Å². The molecule has 0 aromatic rings. The van der Waals surface area contributed by atoms with Gasteiger partial charge in [0.05, 0.1) is 13.2 Å². The monoisotopic (exact) mass is 376 g/mol. The molecule has 2 saturated heterocycles. The predicted molar refractivity (Wildman–Crippen MR) is 97.9 cm³/mol. The largest absolute Gasteiger partial charge is 0.408 e. The Hall–Kier alpha value is -0.0231. The molecule has 0 aromatic heterocycles. The third-order valence-corrected chi connectivity index (χ3v) is 9.86. The summed E-state index contributed by atoms with van der Waals surface area (Å²) in [7, 11) is -2.12. The van der Waals surface area contributed by atoms with Gasteiger partial charge in [-0.1, -0.05) is 20.8 Å².